The van der Waals surface area contributed by atoms with Crippen molar-refractivity contribution in [1.82, 2.24) is 14.8 Å². The van der Waals surface area contributed by atoms with Crippen LogP contribution in [0.5, 0.6) is 0 Å². The van der Waals surface area contributed by atoms with Gasteiger partial charge in [0.05, 0.1) is 6.04 Å². The number of urea groups is 1. The summed E-state index contributed by atoms with van der Waals surface area (Å²) in [6.07, 6.45) is 1.70. The minimum Gasteiger partial charge on any atom is -0.322 e. The molecule has 2 amide bonds. The van der Waals surface area contributed by atoms with Gasteiger partial charge in [0.15, 0.2) is 5.13 Å². The molecule has 1 N–H and O–H groups in total. The van der Waals surface area contributed by atoms with Crippen molar-refractivity contribution in [2.24, 2.45) is 0 Å². The van der Waals surface area contributed by atoms with Crippen LogP contribution in [0.15, 0.2) is 72.2 Å². The highest BCUT2D eigenvalue weighted by molar-refractivity contribution is 7.13. The van der Waals surface area contributed by atoms with Crippen molar-refractivity contribution >= 4 is 22.5 Å². The number of nitrogens with zero attached hydrogens (tertiary/aromatic N) is 3. The van der Waals surface area contributed by atoms with Gasteiger partial charge in [0.25, 0.3) is 0 Å². The van der Waals surface area contributed by atoms with Gasteiger partial charge in [0.1, 0.15) is 0 Å². The lowest BCUT2D eigenvalue weighted by Gasteiger charge is -2.39. The summed E-state index contributed by atoms with van der Waals surface area (Å²) in [6.45, 7) is 3.07. The van der Waals surface area contributed by atoms with E-state index in [2.05, 4.69) is 63.7 Å². The Morgan fingerprint density at radius 1 is 0.926 bits per heavy atom. The molecule has 1 aliphatic heterocycles. The minimum atomic E-state index is -0.0689. The Morgan fingerprint density at radius 2 is 1.52 bits per heavy atom. The molecule has 0 unspecified atom stereocenters. The zero-order valence-electron chi connectivity index (χ0n) is 15.0. The van der Waals surface area contributed by atoms with Gasteiger partial charge < -0.3 is 4.90 Å². The third-order valence-electron chi connectivity index (χ3n) is 4.84. The first-order chi connectivity index (χ1) is 13.3. The standard InChI is InChI=1S/C21H22N4OS/c26-21(23-20-22-11-16-27-20)25-14-12-24(13-15-25)19(17-7-3-1-4-8-17)18-9-5-2-6-10-18/h1-11,16,19H,12-15H2,(H,22,23,26). The number of piperazine rings is 1. The smallest absolute Gasteiger partial charge is 0.322 e. The van der Waals surface area contributed by atoms with Crippen LogP contribution in [0, 0.1) is 0 Å². The molecule has 138 valence electrons. The molecule has 3 aromatic rings. The molecule has 1 aliphatic rings. The second-order valence-electron chi connectivity index (χ2n) is 6.51. The minimum absolute atomic E-state index is 0.0689. The summed E-state index contributed by atoms with van der Waals surface area (Å²) in [5.41, 5.74) is 2.56. The van der Waals surface area contributed by atoms with Gasteiger partial charge in [-0.1, -0.05) is 60.7 Å². The second-order valence-corrected chi connectivity index (χ2v) is 7.41. The van der Waals surface area contributed by atoms with E-state index in [-0.39, 0.29) is 12.1 Å². The first-order valence-electron chi connectivity index (χ1n) is 9.10. The van der Waals surface area contributed by atoms with Gasteiger partial charge in [-0.25, -0.2) is 9.78 Å². The van der Waals surface area contributed by atoms with Crippen molar-refractivity contribution in [2.75, 3.05) is 31.5 Å². The number of aromatic nitrogens is 1. The average molecular weight is 379 g/mol. The van der Waals surface area contributed by atoms with E-state index in [0.717, 1.165) is 13.1 Å². The monoisotopic (exact) mass is 378 g/mol. The number of benzene rings is 2. The molecule has 0 aliphatic carbocycles. The topological polar surface area (TPSA) is 48.5 Å². The van der Waals surface area contributed by atoms with Crippen LogP contribution in [-0.2, 0) is 0 Å². The lowest BCUT2D eigenvalue weighted by atomic mass is 9.96. The molecule has 1 saturated heterocycles. The predicted octanol–water partition coefficient (Wildman–Crippen LogP) is 4.08. The number of hydrogen-bond acceptors (Lipinski definition) is 4. The van der Waals surface area contributed by atoms with Crippen molar-refractivity contribution < 1.29 is 4.79 Å². The van der Waals surface area contributed by atoms with E-state index in [9.17, 15) is 4.79 Å². The SMILES string of the molecule is O=C(Nc1nccs1)N1CCN(C(c2ccccc2)c2ccccc2)CC1. The van der Waals surface area contributed by atoms with Crippen LogP contribution < -0.4 is 5.32 Å². The van der Waals surface area contributed by atoms with E-state index < -0.39 is 0 Å². The third kappa shape index (κ3) is 4.18. The Kier molecular flexibility index (Phi) is 5.46. The van der Waals surface area contributed by atoms with Gasteiger partial charge in [-0.3, -0.25) is 10.2 Å². The zero-order valence-corrected chi connectivity index (χ0v) is 15.8. The van der Waals surface area contributed by atoms with E-state index in [4.69, 9.17) is 0 Å². The van der Waals surface area contributed by atoms with Crippen molar-refractivity contribution in [1.29, 1.82) is 0 Å². The van der Waals surface area contributed by atoms with Crippen molar-refractivity contribution in [3.8, 4) is 0 Å². The molecule has 1 aromatic heterocycles. The Labute approximate surface area is 163 Å². The average Bonchev–Trinajstić information content (AvgIpc) is 3.23. The Hall–Kier alpha value is -2.70. The van der Waals surface area contributed by atoms with E-state index in [1.165, 1.54) is 22.5 Å². The van der Waals surface area contributed by atoms with Gasteiger partial charge in [0.2, 0.25) is 0 Å². The fourth-order valence-corrected chi connectivity index (χ4v) is 4.04. The van der Waals surface area contributed by atoms with Crippen LogP contribution >= 0.6 is 11.3 Å². The molecule has 0 spiro atoms. The maximum Gasteiger partial charge on any atom is 0.323 e. The molecule has 5 nitrogen and oxygen atoms in total. The van der Waals surface area contributed by atoms with Gasteiger partial charge in [-0.05, 0) is 11.1 Å². The van der Waals surface area contributed by atoms with Crippen LogP contribution in [0.2, 0.25) is 0 Å². The number of nitrogens with one attached hydrogen (secondary N) is 1. The second kappa shape index (κ2) is 8.33. The number of carbonyl (C=O) groups excluding carboxylic acids is 1. The molecule has 27 heavy (non-hydrogen) atoms. The molecule has 0 radical (unpaired) electrons. The number of hydrogen-bond donors (Lipinski definition) is 1. The zero-order chi connectivity index (χ0) is 18.5. The predicted molar refractivity (Wildman–Crippen MR) is 109 cm³/mol. The van der Waals surface area contributed by atoms with E-state index in [1.807, 2.05) is 22.4 Å². The summed E-state index contributed by atoms with van der Waals surface area (Å²) in [5, 5.41) is 5.38. The van der Waals surface area contributed by atoms with Crippen LogP contribution in [0.25, 0.3) is 0 Å². The Bertz CT molecular complexity index is 807. The van der Waals surface area contributed by atoms with E-state index in [0.29, 0.717) is 18.2 Å². The third-order valence-corrected chi connectivity index (χ3v) is 5.53. The Morgan fingerprint density at radius 3 is 2.04 bits per heavy atom. The number of rotatable bonds is 4. The first kappa shape index (κ1) is 17.7. The number of amides is 2. The fourth-order valence-electron chi connectivity index (χ4n) is 3.52. The highest BCUT2D eigenvalue weighted by Gasteiger charge is 2.28. The summed E-state index contributed by atoms with van der Waals surface area (Å²) < 4.78 is 0. The van der Waals surface area contributed by atoms with Crippen LogP contribution in [0.4, 0.5) is 9.93 Å². The molecule has 0 saturated carbocycles. The number of thiazole rings is 1. The molecule has 1 fully saturated rings. The fraction of sp³-hybridized carbons (Fsp3) is 0.238. The van der Waals surface area contributed by atoms with Crippen molar-refractivity contribution in [3.63, 3.8) is 0 Å². The van der Waals surface area contributed by atoms with Crippen LogP contribution in [0.1, 0.15) is 17.2 Å². The lowest BCUT2D eigenvalue weighted by Crippen LogP contribution is -2.51. The van der Waals surface area contributed by atoms with E-state index in [1.54, 1.807) is 6.20 Å². The maximum atomic E-state index is 12.4. The molecule has 0 atom stereocenters. The van der Waals surface area contributed by atoms with Crippen molar-refractivity contribution in [2.45, 2.75) is 6.04 Å². The van der Waals surface area contributed by atoms with Crippen LogP contribution in [0.3, 0.4) is 0 Å². The molecule has 0 bridgehead atoms. The van der Waals surface area contributed by atoms with Gasteiger partial charge in [0, 0.05) is 37.8 Å². The molecule has 6 heteroatoms. The normalized spacial score (nSPS) is 15.1. The summed E-state index contributed by atoms with van der Waals surface area (Å²) in [7, 11) is 0. The van der Waals surface area contributed by atoms with Gasteiger partial charge in [-0.15, -0.1) is 11.3 Å². The maximum absolute atomic E-state index is 12.4. The van der Waals surface area contributed by atoms with Gasteiger partial charge in [-0.2, -0.15) is 0 Å². The summed E-state index contributed by atoms with van der Waals surface area (Å²) in [6, 6.07) is 21.3. The lowest BCUT2D eigenvalue weighted by molar-refractivity contribution is 0.126. The summed E-state index contributed by atoms with van der Waals surface area (Å²) in [4.78, 5) is 20.9. The summed E-state index contributed by atoms with van der Waals surface area (Å²) in [5.74, 6) is 0. The molecule has 2 aromatic carbocycles. The van der Waals surface area contributed by atoms with Crippen molar-refractivity contribution in [3.05, 3.63) is 83.4 Å². The largest absolute Gasteiger partial charge is 0.323 e. The van der Waals surface area contributed by atoms with Gasteiger partial charge >= 0.3 is 6.03 Å². The number of carbonyl (C=O) groups is 1. The first-order valence-corrected chi connectivity index (χ1v) is 9.98. The van der Waals surface area contributed by atoms with E-state index >= 15 is 0 Å². The molecular formula is C21H22N4OS. The Balaban J connectivity index is 1.46. The quantitative estimate of drug-likeness (QED) is 0.744. The molecule has 4 rings (SSSR count). The molecular weight excluding hydrogens is 356 g/mol. The van der Waals surface area contributed by atoms with Crippen LogP contribution in [-0.4, -0.2) is 47.0 Å². The number of anilines is 1. The molecule has 2 heterocycles. The highest BCUT2D eigenvalue weighted by atomic mass is 32.1. The summed E-state index contributed by atoms with van der Waals surface area (Å²) >= 11 is 1.44. The highest BCUT2D eigenvalue weighted by Crippen LogP contribution is 2.29.